The van der Waals surface area contributed by atoms with Crippen LogP contribution in [0.3, 0.4) is 0 Å². The normalized spacial score (nSPS) is 11.5. The second-order valence-electron chi connectivity index (χ2n) is 15.6. The molecule has 0 N–H and O–H groups in total. The average Bonchev–Trinajstić information content (AvgIpc) is 3.70. The molecule has 11 rings (SSSR count). The monoisotopic (exact) mass is 808 g/mol. The van der Waals surface area contributed by atoms with Crippen LogP contribution in [0.1, 0.15) is 0 Å². The number of para-hydroxylation sites is 1. The molecule has 5 heteroatoms. The number of aromatic nitrogens is 4. The van der Waals surface area contributed by atoms with Crippen molar-refractivity contribution in [2.45, 2.75) is 0 Å². The molecule has 11 aromatic rings. The van der Waals surface area contributed by atoms with Crippen molar-refractivity contribution < 1.29 is 0 Å². The third-order valence-electron chi connectivity index (χ3n) is 12.0. The molecule has 0 fully saturated rings. The largest absolute Gasteiger partial charge is 0.309 e. The lowest BCUT2D eigenvalue weighted by Crippen LogP contribution is -2.74. The highest BCUT2D eigenvalue weighted by atomic mass is 28.3. The van der Waals surface area contributed by atoms with Crippen LogP contribution < -0.4 is 20.7 Å². The van der Waals surface area contributed by atoms with Crippen molar-refractivity contribution in [2.24, 2.45) is 0 Å². The van der Waals surface area contributed by atoms with Gasteiger partial charge in [-0.25, -0.2) is 15.0 Å². The van der Waals surface area contributed by atoms with Crippen LogP contribution in [0.2, 0.25) is 0 Å². The fourth-order valence-corrected chi connectivity index (χ4v) is 13.9. The summed E-state index contributed by atoms with van der Waals surface area (Å²) in [5, 5.41) is 7.86. The fraction of sp³-hybridized carbons (Fsp3) is 0. The van der Waals surface area contributed by atoms with Crippen LogP contribution in [0.5, 0.6) is 0 Å². The quantitative estimate of drug-likeness (QED) is 0.108. The molecular weight excluding hydrogens is 769 g/mol. The first-order chi connectivity index (χ1) is 30.7. The third kappa shape index (κ3) is 6.52. The first-order valence-corrected chi connectivity index (χ1v) is 23.0. The highest BCUT2D eigenvalue weighted by Gasteiger charge is 2.41. The Morgan fingerprint density at radius 3 is 1.24 bits per heavy atom. The lowest BCUT2D eigenvalue weighted by atomic mass is 10.0. The Balaban J connectivity index is 1.01. The van der Waals surface area contributed by atoms with Crippen LogP contribution in [-0.4, -0.2) is 27.6 Å². The van der Waals surface area contributed by atoms with Gasteiger partial charge in [-0.3, -0.25) is 0 Å². The Morgan fingerprint density at radius 1 is 0.274 bits per heavy atom. The van der Waals surface area contributed by atoms with E-state index in [4.69, 9.17) is 15.0 Å². The number of nitrogens with zero attached hydrogens (tertiary/aromatic N) is 4. The van der Waals surface area contributed by atoms with Gasteiger partial charge in [0.15, 0.2) is 25.5 Å². The summed E-state index contributed by atoms with van der Waals surface area (Å²) >= 11 is 0. The van der Waals surface area contributed by atoms with E-state index in [-0.39, 0.29) is 0 Å². The SMILES string of the molecule is c1ccc(-c2nc(-c3ccccc3)nc(-c3cccc(-n4c5ccccc5c5cc(-c6ccc([Si](c7ccccc7)(c7ccccc7)c7ccccc7)cc6)ccc54)c3)n2)cc1. The Morgan fingerprint density at radius 2 is 0.694 bits per heavy atom. The highest BCUT2D eigenvalue weighted by molar-refractivity contribution is 7.19. The maximum atomic E-state index is 5.04. The standard InChI is InChI=1S/C57H40N4Si/c1-6-19-42(20-7-1)55-58-56(43-21-8-2-9-22-43)60-57(59-55)45-23-18-24-46(39-45)61-53-32-17-16-31-51(53)52-40-44(35-38-54(52)61)41-33-36-50(37-34-41)62(47-25-10-3-11-26-47,48-27-12-4-13-28-48)49-29-14-5-15-30-49/h1-40H. The van der Waals surface area contributed by atoms with Gasteiger partial charge in [-0.2, -0.15) is 0 Å². The molecule has 4 nitrogen and oxygen atoms in total. The molecule has 0 saturated carbocycles. The van der Waals surface area contributed by atoms with Crippen LogP contribution in [-0.2, 0) is 0 Å². The fourth-order valence-electron chi connectivity index (χ4n) is 9.13. The molecule has 0 spiro atoms. The number of rotatable bonds is 9. The summed E-state index contributed by atoms with van der Waals surface area (Å²) in [4.78, 5) is 15.0. The summed E-state index contributed by atoms with van der Waals surface area (Å²) in [6.45, 7) is 0. The van der Waals surface area contributed by atoms with Gasteiger partial charge < -0.3 is 4.57 Å². The van der Waals surface area contributed by atoms with E-state index in [1.54, 1.807) is 0 Å². The number of hydrogen-bond acceptors (Lipinski definition) is 3. The Bertz CT molecular complexity index is 3160. The molecular formula is C57H40N4Si. The first-order valence-electron chi connectivity index (χ1n) is 21.0. The topological polar surface area (TPSA) is 43.6 Å². The predicted octanol–water partition coefficient (Wildman–Crippen LogP) is 11.0. The molecule has 2 aromatic heterocycles. The van der Waals surface area contributed by atoms with Crippen molar-refractivity contribution in [2.75, 3.05) is 0 Å². The zero-order valence-electron chi connectivity index (χ0n) is 33.9. The van der Waals surface area contributed by atoms with Crippen molar-refractivity contribution in [1.29, 1.82) is 0 Å². The van der Waals surface area contributed by atoms with Crippen LogP contribution >= 0.6 is 0 Å². The maximum absolute atomic E-state index is 5.04. The van der Waals surface area contributed by atoms with Gasteiger partial charge in [0.1, 0.15) is 0 Å². The van der Waals surface area contributed by atoms with Gasteiger partial charge in [-0.15, -0.1) is 0 Å². The molecule has 0 saturated heterocycles. The van der Waals surface area contributed by atoms with Gasteiger partial charge in [-0.05, 0) is 62.2 Å². The molecule has 0 aliphatic heterocycles. The van der Waals surface area contributed by atoms with Crippen molar-refractivity contribution in [3.05, 3.63) is 243 Å². The lowest BCUT2D eigenvalue weighted by Gasteiger charge is -2.34. The molecule has 0 bridgehead atoms. The minimum atomic E-state index is -2.62. The molecule has 292 valence electrons. The third-order valence-corrected chi connectivity index (χ3v) is 16.8. The van der Waals surface area contributed by atoms with E-state index in [2.05, 4.69) is 187 Å². The summed E-state index contributed by atoms with van der Waals surface area (Å²) in [7, 11) is -2.62. The molecule has 0 aliphatic carbocycles. The number of benzene rings is 9. The van der Waals surface area contributed by atoms with E-state index in [1.165, 1.54) is 42.6 Å². The van der Waals surface area contributed by atoms with E-state index < -0.39 is 8.07 Å². The van der Waals surface area contributed by atoms with Crippen molar-refractivity contribution in [3.63, 3.8) is 0 Å². The van der Waals surface area contributed by atoms with Crippen LogP contribution in [0.4, 0.5) is 0 Å². The van der Waals surface area contributed by atoms with Crippen LogP contribution in [0, 0.1) is 0 Å². The van der Waals surface area contributed by atoms with Crippen molar-refractivity contribution >= 4 is 50.6 Å². The van der Waals surface area contributed by atoms with Crippen molar-refractivity contribution in [1.82, 2.24) is 19.5 Å². The molecule has 0 radical (unpaired) electrons. The molecule has 0 atom stereocenters. The van der Waals surface area contributed by atoms with E-state index in [1.807, 2.05) is 60.7 Å². The first kappa shape index (κ1) is 37.0. The summed E-state index contributed by atoms with van der Waals surface area (Å²) < 4.78 is 2.36. The van der Waals surface area contributed by atoms with Crippen LogP contribution in [0.15, 0.2) is 243 Å². The molecule has 9 aromatic carbocycles. The number of hydrogen-bond donors (Lipinski definition) is 0. The second-order valence-corrected chi connectivity index (χ2v) is 19.4. The molecule has 0 amide bonds. The lowest BCUT2D eigenvalue weighted by molar-refractivity contribution is 1.07. The van der Waals surface area contributed by atoms with E-state index in [0.29, 0.717) is 17.5 Å². The van der Waals surface area contributed by atoms with E-state index in [9.17, 15) is 0 Å². The van der Waals surface area contributed by atoms with Gasteiger partial charge in [0, 0.05) is 33.2 Å². The number of fused-ring (bicyclic) bond motifs is 3. The molecule has 62 heavy (non-hydrogen) atoms. The predicted molar refractivity (Wildman–Crippen MR) is 260 cm³/mol. The average molecular weight is 809 g/mol. The maximum Gasteiger partial charge on any atom is 0.179 e. The summed E-state index contributed by atoms with van der Waals surface area (Å²) in [6, 6.07) is 87.0. The zero-order chi connectivity index (χ0) is 41.3. The summed E-state index contributed by atoms with van der Waals surface area (Å²) in [6.07, 6.45) is 0. The summed E-state index contributed by atoms with van der Waals surface area (Å²) in [5.41, 5.74) is 8.49. The Labute approximate surface area is 362 Å². The van der Waals surface area contributed by atoms with Gasteiger partial charge >= 0.3 is 0 Å². The Kier molecular flexibility index (Phi) is 9.49. The second kappa shape index (κ2) is 15.9. The highest BCUT2D eigenvalue weighted by Crippen LogP contribution is 2.36. The molecule has 0 unspecified atom stereocenters. The smallest absolute Gasteiger partial charge is 0.179 e. The minimum absolute atomic E-state index is 0.630. The zero-order valence-corrected chi connectivity index (χ0v) is 34.9. The van der Waals surface area contributed by atoms with E-state index >= 15 is 0 Å². The Hall–Kier alpha value is -7.99. The van der Waals surface area contributed by atoms with Crippen LogP contribution in [0.25, 0.3) is 72.8 Å². The van der Waals surface area contributed by atoms with Gasteiger partial charge in [0.05, 0.1) is 11.0 Å². The minimum Gasteiger partial charge on any atom is -0.309 e. The summed E-state index contributed by atoms with van der Waals surface area (Å²) in [5.74, 6) is 1.92. The van der Waals surface area contributed by atoms with Gasteiger partial charge in [0.2, 0.25) is 0 Å². The van der Waals surface area contributed by atoms with Gasteiger partial charge in [-0.1, -0.05) is 212 Å². The molecule has 0 aliphatic rings. The van der Waals surface area contributed by atoms with E-state index in [0.717, 1.165) is 33.4 Å². The van der Waals surface area contributed by atoms with Crippen molar-refractivity contribution in [3.8, 4) is 51.0 Å². The van der Waals surface area contributed by atoms with Gasteiger partial charge in [0.25, 0.3) is 0 Å². The molecule has 2 heterocycles.